The summed E-state index contributed by atoms with van der Waals surface area (Å²) in [5.41, 5.74) is 2.06. The van der Waals surface area contributed by atoms with E-state index >= 15 is 0 Å². The van der Waals surface area contributed by atoms with Crippen LogP contribution in [0.25, 0.3) is 0 Å². The first-order valence-corrected chi connectivity index (χ1v) is 5.11. The summed E-state index contributed by atoms with van der Waals surface area (Å²) in [5.74, 6) is 0.283. The molecular formula is C13H16O2. The van der Waals surface area contributed by atoms with E-state index in [0.29, 0.717) is 5.75 Å². The molecule has 0 N–H and O–H groups in total. The van der Waals surface area contributed by atoms with E-state index in [1.54, 1.807) is 0 Å². The molecule has 0 aliphatic heterocycles. The molecule has 0 aliphatic rings. The molecule has 0 unspecified atom stereocenters. The van der Waals surface area contributed by atoms with E-state index in [2.05, 4.69) is 13.5 Å². The van der Waals surface area contributed by atoms with Crippen LogP contribution in [-0.4, -0.2) is 5.97 Å². The van der Waals surface area contributed by atoms with Crippen molar-refractivity contribution < 1.29 is 9.53 Å². The number of rotatable bonds is 4. The first kappa shape index (κ1) is 11.5. The molecule has 0 heterocycles. The number of benzene rings is 1. The molecular weight excluding hydrogens is 188 g/mol. The Bertz CT molecular complexity index is 367. The number of hydrogen-bond donors (Lipinski definition) is 0. The Morgan fingerprint density at radius 3 is 2.87 bits per heavy atom. The minimum Gasteiger partial charge on any atom is -0.423 e. The number of ether oxygens (including phenoxy) is 1. The molecule has 0 atom stereocenters. The third-order valence-corrected chi connectivity index (χ3v) is 2.18. The van der Waals surface area contributed by atoms with Gasteiger partial charge in [0, 0.05) is 6.08 Å². The van der Waals surface area contributed by atoms with Crippen LogP contribution in [0, 0.1) is 6.92 Å². The topological polar surface area (TPSA) is 26.3 Å². The summed E-state index contributed by atoms with van der Waals surface area (Å²) in [6.07, 6.45) is 3.13. The summed E-state index contributed by atoms with van der Waals surface area (Å²) in [7, 11) is 0. The summed E-state index contributed by atoms with van der Waals surface area (Å²) in [5, 5.41) is 0. The van der Waals surface area contributed by atoms with Crippen LogP contribution in [0.1, 0.15) is 24.5 Å². The fourth-order valence-electron chi connectivity index (χ4n) is 1.47. The maximum Gasteiger partial charge on any atom is 0.335 e. The molecule has 2 nitrogen and oxygen atoms in total. The summed E-state index contributed by atoms with van der Waals surface area (Å²) in [6, 6.07) is 5.90. The van der Waals surface area contributed by atoms with E-state index in [1.165, 1.54) is 6.08 Å². The van der Waals surface area contributed by atoms with Crippen LogP contribution in [0.2, 0.25) is 0 Å². The fraction of sp³-hybridized carbons (Fsp3) is 0.308. The van der Waals surface area contributed by atoms with E-state index < -0.39 is 5.97 Å². The van der Waals surface area contributed by atoms with Crippen LogP contribution in [0.3, 0.4) is 0 Å². The Hall–Kier alpha value is -1.57. The zero-order chi connectivity index (χ0) is 11.3. The van der Waals surface area contributed by atoms with Gasteiger partial charge >= 0.3 is 5.97 Å². The molecule has 0 radical (unpaired) electrons. The largest absolute Gasteiger partial charge is 0.423 e. The Kier molecular flexibility index (Phi) is 4.10. The van der Waals surface area contributed by atoms with Crippen molar-refractivity contribution in [3.8, 4) is 5.75 Å². The standard InChI is InChI=1S/C13H16O2/c1-4-7-11-9-6-8-10(3)13(11)15-12(14)5-2/h5-6,8-9H,2,4,7H2,1,3H3. The van der Waals surface area contributed by atoms with Gasteiger partial charge in [0.05, 0.1) is 0 Å². The van der Waals surface area contributed by atoms with Crippen LogP contribution >= 0.6 is 0 Å². The predicted octanol–water partition coefficient (Wildman–Crippen LogP) is 3.04. The molecule has 0 amide bonds. The molecule has 0 fully saturated rings. The van der Waals surface area contributed by atoms with Crippen LogP contribution in [0.15, 0.2) is 30.9 Å². The first-order chi connectivity index (χ1) is 7.19. The van der Waals surface area contributed by atoms with Crippen molar-refractivity contribution >= 4 is 5.97 Å². The van der Waals surface area contributed by atoms with Crippen molar-refractivity contribution in [2.75, 3.05) is 0 Å². The quantitative estimate of drug-likeness (QED) is 0.428. The highest BCUT2D eigenvalue weighted by Crippen LogP contribution is 2.24. The van der Waals surface area contributed by atoms with Gasteiger partial charge in [0.1, 0.15) is 5.75 Å². The predicted molar refractivity (Wildman–Crippen MR) is 61.0 cm³/mol. The summed E-state index contributed by atoms with van der Waals surface area (Å²) in [6.45, 7) is 7.42. The van der Waals surface area contributed by atoms with E-state index in [-0.39, 0.29) is 0 Å². The second kappa shape index (κ2) is 5.35. The van der Waals surface area contributed by atoms with Crippen molar-refractivity contribution in [3.05, 3.63) is 42.0 Å². The summed E-state index contributed by atoms with van der Waals surface area (Å²) < 4.78 is 5.22. The van der Waals surface area contributed by atoms with Gasteiger partial charge in [0.25, 0.3) is 0 Å². The third-order valence-electron chi connectivity index (χ3n) is 2.18. The lowest BCUT2D eigenvalue weighted by Crippen LogP contribution is -2.06. The SMILES string of the molecule is C=CC(=O)Oc1c(C)cccc1CCC. The molecule has 0 aliphatic carbocycles. The van der Waals surface area contributed by atoms with Crippen molar-refractivity contribution in [2.45, 2.75) is 26.7 Å². The Balaban J connectivity index is 3.01. The van der Waals surface area contributed by atoms with Crippen LogP contribution in [0.5, 0.6) is 5.75 Å². The number of carbonyl (C=O) groups excluding carboxylic acids is 1. The molecule has 0 saturated carbocycles. The molecule has 1 aromatic carbocycles. The normalized spacial score (nSPS) is 9.73. The van der Waals surface area contributed by atoms with Gasteiger partial charge in [0.15, 0.2) is 0 Å². The second-order valence-corrected chi connectivity index (χ2v) is 3.44. The van der Waals surface area contributed by atoms with Crippen LogP contribution in [0.4, 0.5) is 0 Å². The fourth-order valence-corrected chi connectivity index (χ4v) is 1.47. The zero-order valence-corrected chi connectivity index (χ0v) is 9.25. The first-order valence-electron chi connectivity index (χ1n) is 5.11. The van der Waals surface area contributed by atoms with E-state index in [1.807, 2.05) is 25.1 Å². The minimum absolute atomic E-state index is 0.401. The molecule has 0 aromatic heterocycles. The molecule has 0 saturated heterocycles. The van der Waals surface area contributed by atoms with Crippen molar-refractivity contribution in [3.63, 3.8) is 0 Å². The van der Waals surface area contributed by atoms with Crippen molar-refractivity contribution in [1.82, 2.24) is 0 Å². The van der Waals surface area contributed by atoms with Gasteiger partial charge in [-0.05, 0) is 24.5 Å². The van der Waals surface area contributed by atoms with E-state index in [0.717, 1.165) is 24.0 Å². The maximum atomic E-state index is 11.1. The Labute approximate surface area is 90.6 Å². The zero-order valence-electron chi connectivity index (χ0n) is 9.25. The maximum absolute atomic E-state index is 11.1. The summed E-state index contributed by atoms with van der Waals surface area (Å²) >= 11 is 0. The minimum atomic E-state index is -0.401. The Morgan fingerprint density at radius 1 is 1.53 bits per heavy atom. The van der Waals surface area contributed by atoms with E-state index in [9.17, 15) is 4.79 Å². The molecule has 1 aromatic rings. The average Bonchev–Trinajstić information content (AvgIpc) is 2.23. The molecule has 0 spiro atoms. The lowest BCUT2D eigenvalue weighted by molar-refractivity contribution is -0.129. The number of esters is 1. The third kappa shape index (κ3) is 2.94. The molecule has 80 valence electrons. The molecule has 15 heavy (non-hydrogen) atoms. The van der Waals surface area contributed by atoms with E-state index in [4.69, 9.17) is 4.74 Å². The highest BCUT2D eigenvalue weighted by Gasteiger charge is 2.08. The summed E-state index contributed by atoms with van der Waals surface area (Å²) in [4.78, 5) is 11.1. The number of aryl methyl sites for hydroxylation is 2. The highest BCUT2D eigenvalue weighted by atomic mass is 16.5. The molecule has 1 rings (SSSR count). The monoisotopic (exact) mass is 204 g/mol. The van der Waals surface area contributed by atoms with Crippen molar-refractivity contribution in [1.29, 1.82) is 0 Å². The van der Waals surface area contributed by atoms with Gasteiger partial charge in [-0.25, -0.2) is 4.79 Å². The van der Waals surface area contributed by atoms with Gasteiger partial charge in [-0.2, -0.15) is 0 Å². The smallest absolute Gasteiger partial charge is 0.335 e. The lowest BCUT2D eigenvalue weighted by Gasteiger charge is -2.10. The second-order valence-electron chi connectivity index (χ2n) is 3.44. The van der Waals surface area contributed by atoms with Gasteiger partial charge in [-0.1, -0.05) is 38.1 Å². The van der Waals surface area contributed by atoms with Gasteiger partial charge in [0.2, 0.25) is 0 Å². The molecule has 2 heteroatoms. The van der Waals surface area contributed by atoms with Gasteiger partial charge < -0.3 is 4.74 Å². The van der Waals surface area contributed by atoms with Crippen LogP contribution < -0.4 is 4.74 Å². The lowest BCUT2D eigenvalue weighted by atomic mass is 10.1. The average molecular weight is 204 g/mol. The Morgan fingerprint density at radius 2 is 2.27 bits per heavy atom. The van der Waals surface area contributed by atoms with Crippen molar-refractivity contribution in [2.24, 2.45) is 0 Å². The molecule has 0 bridgehead atoms. The van der Waals surface area contributed by atoms with Gasteiger partial charge in [-0.3, -0.25) is 0 Å². The number of para-hydroxylation sites is 1. The highest BCUT2D eigenvalue weighted by molar-refractivity contribution is 5.83. The van der Waals surface area contributed by atoms with Crippen LogP contribution in [-0.2, 0) is 11.2 Å². The number of carbonyl (C=O) groups is 1. The van der Waals surface area contributed by atoms with Gasteiger partial charge in [-0.15, -0.1) is 0 Å². The number of hydrogen-bond acceptors (Lipinski definition) is 2.